The molecule has 6 heteroatoms. The lowest BCUT2D eigenvalue weighted by molar-refractivity contribution is -0.122. The Morgan fingerprint density at radius 3 is 2.21 bits per heavy atom. The molecule has 0 saturated heterocycles. The lowest BCUT2D eigenvalue weighted by Crippen LogP contribution is -2.49. The molecule has 158 valence electrons. The summed E-state index contributed by atoms with van der Waals surface area (Å²) in [6.45, 7) is 11.8. The molecule has 29 heavy (non-hydrogen) atoms. The first-order valence-corrected chi connectivity index (χ1v) is 11.7. The molecule has 1 N–H and O–H groups in total. The van der Waals surface area contributed by atoms with Gasteiger partial charge in [0.1, 0.15) is 6.04 Å². The minimum Gasteiger partial charge on any atom is -0.348 e. The molecule has 0 aromatic heterocycles. The number of carbonyl (C=O) groups excluding carboxylic acids is 1. The SMILES string of the molecule is CC[C@@H](C(=O)N[C@H](C)c1cc(C)c(C)cc1C)N(c1cccc(C)c1)S(C)(=O)=O. The van der Waals surface area contributed by atoms with E-state index in [9.17, 15) is 13.2 Å². The number of rotatable bonds is 7. The van der Waals surface area contributed by atoms with Crippen LogP contribution in [0, 0.1) is 27.7 Å². The number of sulfonamides is 1. The quantitative estimate of drug-likeness (QED) is 0.730. The lowest BCUT2D eigenvalue weighted by Gasteiger charge is -2.31. The minimum atomic E-state index is -3.64. The van der Waals surface area contributed by atoms with Crippen molar-refractivity contribution in [1.82, 2.24) is 5.32 Å². The average Bonchev–Trinajstić information content (AvgIpc) is 2.61. The standard InChI is InChI=1S/C23H32N2O3S/c1-8-22(25(29(7,27)28)20-11-9-10-15(2)12-20)23(26)24-19(6)21-14-17(4)16(3)13-18(21)5/h9-14,19,22H,8H2,1-7H3,(H,24,26)/t19-,22+/m1/s1. The predicted octanol–water partition coefficient (Wildman–Crippen LogP) is 4.34. The van der Waals surface area contributed by atoms with Crippen LogP contribution in [0.25, 0.3) is 0 Å². The minimum absolute atomic E-state index is 0.227. The Bertz CT molecular complexity index is 999. The van der Waals surface area contributed by atoms with E-state index >= 15 is 0 Å². The second kappa shape index (κ2) is 8.99. The summed E-state index contributed by atoms with van der Waals surface area (Å²) in [5, 5.41) is 3.03. The summed E-state index contributed by atoms with van der Waals surface area (Å²) in [5.74, 6) is -0.301. The molecule has 0 aliphatic rings. The number of anilines is 1. The maximum atomic E-state index is 13.2. The van der Waals surface area contributed by atoms with Gasteiger partial charge in [-0.25, -0.2) is 8.42 Å². The third kappa shape index (κ3) is 5.38. The highest BCUT2D eigenvalue weighted by Gasteiger charge is 2.32. The Labute approximate surface area is 175 Å². The second-order valence-corrected chi connectivity index (χ2v) is 9.70. The first-order valence-electron chi connectivity index (χ1n) is 9.89. The third-order valence-electron chi connectivity index (χ3n) is 5.29. The van der Waals surface area contributed by atoms with Gasteiger partial charge in [0, 0.05) is 0 Å². The Hall–Kier alpha value is -2.34. The van der Waals surface area contributed by atoms with Crippen LogP contribution in [0.4, 0.5) is 5.69 Å². The van der Waals surface area contributed by atoms with Gasteiger partial charge in [-0.15, -0.1) is 0 Å². The van der Waals surface area contributed by atoms with Crippen LogP contribution in [-0.2, 0) is 14.8 Å². The van der Waals surface area contributed by atoms with Crippen molar-refractivity contribution in [2.75, 3.05) is 10.6 Å². The van der Waals surface area contributed by atoms with Crippen LogP contribution < -0.4 is 9.62 Å². The van der Waals surface area contributed by atoms with E-state index in [4.69, 9.17) is 0 Å². The fourth-order valence-corrected chi connectivity index (χ4v) is 4.87. The monoisotopic (exact) mass is 416 g/mol. The number of aryl methyl sites for hydroxylation is 4. The van der Waals surface area contributed by atoms with Crippen LogP contribution in [0.2, 0.25) is 0 Å². The number of nitrogens with one attached hydrogen (secondary N) is 1. The van der Waals surface area contributed by atoms with E-state index in [2.05, 4.69) is 24.4 Å². The Morgan fingerprint density at radius 2 is 1.66 bits per heavy atom. The van der Waals surface area contributed by atoms with E-state index in [0.29, 0.717) is 12.1 Å². The maximum absolute atomic E-state index is 13.2. The summed E-state index contributed by atoms with van der Waals surface area (Å²) in [6.07, 6.45) is 1.51. The zero-order valence-electron chi connectivity index (χ0n) is 18.4. The first kappa shape index (κ1) is 22.9. The van der Waals surface area contributed by atoms with Gasteiger partial charge < -0.3 is 5.32 Å². The van der Waals surface area contributed by atoms with E-state index in [0.717, 1.165) is 28.5 Å². The highest BCUT2D eigenvalue weighted by molar-refractivity contribution is 7.92. The molecule has 5 nitrogen and oxygen atoms in total. The van der Waals surface area contributed by atoms with Crippen LogP contribution in [0.15, 0.2) is 36.4 Å². The molecule has 1 amide bonds. The number of benzene rings is 2. The molecule has 0 aliphatic heterocycles. The molecule has 2 atom stereocenters. The van der Waals surface area contributed by atoms with Gasteiger partial charge in [0.25, 0.3) is 0 Å². The summed E-state index contributed by atoms with van der Waals surface area (Å²) in [7, 11) is -3.64. The van der Waals surface area contributed by atoms with Crippen molar-refractivity contribution < 1.29 is 13.2 Å². The highest BCUT2D eigenvalue weighted by Crippen LogP contribution is 2.25. The molecule has 0 heterocycles. The molecule has 0 fully saturated rings. The summed E-state index contributed by atoms with van der Waals surface area (Å²) in [5.41, 5.74) is 5.95. The topological polar surface area (TPSA) is 66.5 Å². The van der Waals surface area contributed by atoms with Gasteiger partial charge in [-0.3, -0.25) is 9.10 Å². The van der Waals surface area contributed by atoms with Gasteiger partial charge in [-0.1, -0.05) is 31.2 Å². The largest absolute Gasteiger partial charge is 0.348 e. The number of nitrogens with zero attached hydrogens (tertiary/aromatic N) is 1. The number of hydrogen-bond donors (Lipinski definition) is 1. The van der Waals surface area contributed by atoms with E-state index in [1.54, 1.807) is 18.2 Å². The molecule has 2 aromatic carbocycles. The fraction of sp³-hybridized carbons (Fsp3) is 0.435. The predicted molar refractivity (Wildman–Crippen MR) is 120 cm³/mol. The van der Waals surface area contributed by atoms with Gasteiger partial charge >= 0.3 is 0 Å². The van der Waals surface area contributed by atoms with E-state index in [1.165, 1.54) is 9.87 Å². The van der Waals surface area contributed by atoms with Gasteiger partial charge in [0.2, 0.25) is 15.9 Å². The Morgan fingerprint density at radius 1 is 1.03 bits per heavy atom. The fourth-order valence-electron chi connectivity index (χ4n) is 3.66. The number of amides is 1. The summed E-state index contributed by atoms with van der Waals surface area (Å²) < 4.78 is 26.4. The highest BCUT2D eigenvalue weighted by atomic mass is 32.2. The van der Waals surface area contributed by atoms with Crippen molar-refractivity contribution >= 4 is 21.6 Å². The van der Waals surface area contributed by atoms with Crippen molar-refractivity contribution in [2.45, 2.75) is 60.0 Å². The third-order valence-corrected chi connectivity index (χ3v) is 6.47. The number of hydrogen-bond acceptors (Lipinski definition) is 3. The molecule has 0 saturated carbocycles. The maximum Gasteiger partial charge on any atom is 0.244 e. The average molecular weight is 417 g/mol. The smallest absolute Gasteiger partial charge is 0.244 e. The van der Waals surface area contributed by atoms with Crippen molar-refractivity contribution in [3.05, 3.63) is 64.2 Å². The van der Waals surface area contributed by atoms with Crippen molar-refractivity contribution in [1.29, 1.82) is 0 Å². The molecule has 2 rings (SSSR count). The van der Waals surface area contributed by atoms with Crippen molar-refractivity contribution in [3.63, 3.8) is 0 Å². The van der Waals surface area contributed by atoms with Gasteiger partial charge in [-0.2, -0.15) is 0 Å². The van der Waals surface area contributed by atoms with E-state index in [1.807, 2.05) is 40.7 Å². The number of carbonyl (C=O) groups is 1. The molecule has 0 unspecified atom stereocenters. The van der Waals surface area contributed by atoms with Crippen LogP contribution in [0.5, 0.6) is 0 Å². The Balaban J connectivity index is 2.36. The summed E-state index contributed by atoms with van der Waals surface area (Å²) in [6, 6.07) is 10.4. The first-order chi connectivity index (χ1) is 13.5. The molecule has 2 aromatic rings. The summed E-state index contributed by atoms with van der Waals surface area (Å²) in [4.78, 5) is 13.2. The van der Waals surface area contributed by atoms with Crippen LogP contribution in [0.1, 0.15) is 54.1 Å². The zero-order chi connectivity index (χ0) is 21.9. The normalized spacial score (nSPS) is 13.6. The van der Waals surface area contributed by atoms with Crippen LogP contribution in [0.3, 0.4) is 0 Å². The van der Waals surface area contributed by atoms with Gasteiger partial charge in [-0.05, 0) is 81.0 Å². The molecule has 0 bridgehead atoms. The van der Waals surface area contributed by atoms with Gasteiger partial charge in [0.05, 0.1) is 18.0 Å². The molecule has 0 aliphatic carbocycles. The summed E-state index contributed by atoms with van der Waals surface area (Å²) >= 11 is 0. The van der Waals surface area contributed by atoms with Crippen molar-refractivity contribution in [2.24, 2.45) is 0 Å². The van der Waals surface area contributed by atoms with Crippen molar-refractivity contribution in [3.8, 4) is 0 Å². The molecular formula is C23H32N2O3S. The molecular weight excluding hydrogens is 384 g/mol. The van der Waals surface area contributed by atoms with E-state index in [-0.39, 0.29) is 11.9 Å². The van der Waals surface area contributed by atoms with E-state index < -0.39 is 16.1 Å². The van der Waals surface area contributed by atoms with Crippen LogP contribution >= 0.6 is 0 Å². The molecule has 0 radical (unpaired) electrons. The second-order valence-electron chi connectivity index (χ2n) is 7.85. The van der Waals surface area contributed by atoms with Gasteiger partial charge in [0.15, 0.2) is 0 Å². The van der Waals surface area contributed by atoms with Crippen LogP contribution in [-0.4, -0.2) is 26.6 Å². The molecule has 0 spiro atoms. The zero-order valence-corrected chi connectivity index (χ0v) is 19.2. The lowest BCUT2D eigenvalue weighted by atomic mass is 9.96. The Kier molecular flexibility index (Phi) is 7.11.